The number of fused-ring (bicyclic) bond motifs is 6. The van der Waals surface area contributed by atoms with Gasteiger partial charge in [-0.1, -0.05) is 64.1 Å². The van der Waals surface area contributed by atoms with Crippen LogP contribution in [0.15, 0.2) is 69.9 Å². The molecule has 2 aromatic heterocycles. The molecule has 1 radical (unpaired) electrons. The van der Waals surface area contributed by atoms with Crippen LogP contribution < -0.4 is 9.97 Å². The number of aliphatic imine (C=N–C) groups is 2. The zero-order valence-corrected chi connectivity index (χ0v) is 17.8. The van der Waals surface area contributed by atoms with Gasteiger partial charge in [0.15, 0.2) is 0 Å². The number of hydrogen-bond donors (Lipinski definition) is 0. The third-order valence-corrected chi connectivity index (χ3v) is 5.80. The molecule has 0 spiro atoms. The van der Waals surface area contributed by atoms with Crippen LogP contribution in [0.25, 0.3) is 12.2 Å². The van der Waals surface area contributed by atoms with E-state index in [2.05, 4.69) is 76.3 Å². The van der Waals surface area contributed by atoms with Gasteiger partial charge in [0.2, 0.25) is 0 Å². The first-order chi connectivity index (χ1) is 13.3. The van der Waals surface area contributed by atoms with Crippen molar-refractivity contribution in [2.45, 2.75) is 38.5 Å². The molecule has 149 valence electrons. The molecule has 29 heavy (non-hydrogen) atoms. The van der Waals surface area contributed by atoms with Crippen molar-refractivity contribution >= 4 is 23.6 Å². The summed E-state index contributed by atoms with van der Waals surface area (Å²) in [7, 11) is 0. The van der Waals surface area contributed by atoms with Gasteiger partial charge in [0, 0.05) is 22.3 Å². The van der Waals surface area contributed by atoms with E-state index in [9.17, 15) is 0 Å². The van der Waals surface area contributed by atoms with Crippen molar-refractivity contribution < 1.29 is 17.1 Å². The van der Waals surface area contributed by atoms with E-state index >= 15 is 0 Å². The third-order valence-electron chi connectivity index (χ3n) is 5.80. The Hall–Kier alpha value is -2.62. The normalized spacial score (nSPS) is 24.1. The first-order valence-electron chi connectivity index (χ1n) is 9.59. The van der Waals surface area contributed by atoms with E-state index in [-0.39, 0.29) is 27.9 Å². The van der Waals surface area contributed by atoms with Crippen LogP contribution >= 0.6 is 0 Å². The summed E-state index contributed by atoms with van der Waals surface area (Å²) in [5.74, 6) is 0. The zero-order chi connectivity index (χ0) is 19.5. The molecule has 0 atom stereocenters. The SMILES string of the molecule is CC1(C)C2=N/C(=C\c3ccc([n-]3)C(C)(C)C3=N/C(=C\c4ccc1[n-]4)C=C3)C=C2.[Cu+2]. The number of allylic oxidation sites excluding steroid dienone is 4. The van der Waals surface area contributed by atoms with Crippen LogP contribution in [0.5, 0.6) is 0 Å². The molecule has 4 nitrogen and oxygen atoms in total. The fraction of sp³-hybridized carbons (Fsp3) is 0.250. The van der Waals surface area contributed by atoms with E-state index < -0.39 is 0 Å². The molecule has 5 rings (SSSR count). The molecule has 3 aliphatic rings. The van der Waals surface area contributed by atoms with Gasteiger partial charge in [0.05, 0.1) is 11.4 Å². The molecule has 5 heteroatoms. The van der Waals surface area contributed by atoms with Crippen molar-refractivity contribution in [3.05, 3.63) is 82.7 Å². The van der Waals surface area contributed by atoms with E-state index in [1.807, 2.05) is 12.2 Å². The van der Waals surface area contributed by atoms with Crippen molar-refractivity contribution in [3.63, 3.8) is 0 Å². The molecule has 0 saturated heterocycles. The molecule has 0 amide bonds. The Kier molecular flexibility index (Phi) is 4.56. The summed E-state index contributed by atoms with van der Waals surface area (Å²) in [6.45, 7) is 8.65. The standard InChI is InChI=1S/C24H22N4.Cu/c1-23(2)19-9-5-15(25-19)13-17-7-11-21(27-17)24(3,4)22-12-8-18(28-22)14-16-6-10-20(23)26-16;/h5-14H,1-4H3;/q-2;+2/b15-13-,18-14-;. The maximum absolute atomic E-state index is 4.85. The Balaban J connectivity index is 0.00000205. The van der Waals surface area contributed by atoms with Crippen LogP contribution in [-0.4, -0.2) is 11.4 Å². The van der Waals surface area contributed by atoms with Crippen molar-refractivity contribution in [2.24, 2.45) is 9.98 Å². The minimum atomic E-state index is -0.271. The van der Waals surface area contributed by atoms with Gasteiger partial charge in [0.25, 0.3) is 0 Å². The van der Waals surface area contributed by atoms with E-state index in [0.717, 1.165) is 45.6 Å². The van der Waals surface area contributed by atoms with Crippen molar-refractivity contribution in [1.82, 2.24) is 9.97 Å². The average Bonchev–Trinajstić information content (AvgIpc) is 3.42. The first kappa shape index (κ1) is 19.7. The first-order valence-corrected chi connectivity index (χ1v) is 9.59. The molecule has 2 aromatic rings. The van der Waals surface area contributed by atoms with E-state index in [4.69, 9.17) is 20.0 Å². The van der Waals surface area contributed by atoms with Gasteiger partial charge >= 0.3 is 17.1 Å². The molecule has 0 saturated carbocycles. The van der Waals surface area contributed by atoms with Gasteiger partial charge in [-0.3, -0.25) is 9.98 Å². The molecule has 0 aromatic carbocycles. The minimum Gasteiger partial charge on any atom is -0.660 e. The van der Waals surface area contributed by atoms with Gasteiger partial charge in [-0.05, 0) is 24.3 Å². The monoisotopic (exact) mass is 429 g/mol. The second-order valence-corrected chi connectivity index (χ2v) is 8.56. The summed E-state index contributed by atoms with van der Waals surface area (Å²) in [6.07, 6.45) is 12.3. The van der Waals surface area contributed by atoms with E-state index in [0.29, 0.717) is 0 Å². The van der Waals surface area contributed by atoms with Crippen LogP contribution in [0.1, 0.15) is 50.5 Å². The molecule has 0 unspecified atom stereocenters. The number of rotatable bonds is 0. The maximum atomic E-state index is 4.85. The van der Waals surface area contributed by atoms with Gasteiger partial charge in [-0.15, -0.1) is 22.8 Å². The van der Waals surface area contributed by atoms with Crippen molar-refractivity contribution in [1.29, 1.82) is 0 Å². The second kappa shape index (κ2) is 6.72. The topological polar surface area (TPSA) is 52.9 Å². The molecule has 5 heterocycles. The molecule has 0 aliphatic carbocycles. The predicted molar refractivity (Wildman–Crippen MR) is 115 cm³/mol. The van der Waals surface area contributed by atoms with Gasteiger partial charge in [-0.2, -0.15) is 0 Å². The Morgan fingerprint density at radius 3 is 1.45 bits per heavy atom. The van der Waals surface area contributed by atoms with Crippen molar-refractivity contribution in [2.75, 3.05) is 0 Å². The largest absolute Gasteiger partial charge is 2.00 e. The van der Waals surface area contributed by atoms with Crippen LogP contribution in [0.2, 0.25) is 0 Å². The average molecular weight is 430 g/mol. The quantitative estimate of drug-likeness (QED) is 0.576. The zero-order valence-electron chi connectivity index (χ0n) is 16.9. The van der Waals surface area contributed by atoms with E-state index in [1.165, 1.54) is 0 Å². The Morgan fingerprint density at radius 2 is 1.03 bits per heavy atom. The molecule has 0 N–H and O–H groups in total. The third kappa shape index (κ3) is 3.25. The fourth-order valence-electron chi connectivity index (χ4n) is 3.79. The number of nitrogens with zero attached hydrogens (tertiary/aromatic N) is 4. The van der Waals surface area contributed by atoms with Crippen LogP contribution in [0, 0.1) is 0 Å². The van der Waals surface area contributed by atoms with Gasteiger partial charge in [0.1, 0.15) is 0 Å². The molecule has 8 bridgehead atoms. The Labute approximate surface area is 181 Å². The van der Waals surface area contributed by atoms with E-state index in [1.54, 1.807) is 0 Å². The summed E-state index contributed by atoms with van der Waals surface area (Å²) in [4.78, 5) is 19.4. The Bertz CT molecular complexity index is 1070. The summed E-state index contributed by atoms with van der Waals surface area (Å²) in [6, 6.07) is 8.27. The molecule has 3 aliphatic heterocycles. The van der Waals surface area contributed by atoms with Crippen LogP contribution in [0.4, 0.5) is 0 Å². The second-order valence-electron chi connectivity index (χ2n) is 8.56. The van der Waals surface area contributed by atoms with Gasteiger partial charge in [-0.25, -0.2) is 0 Å². The minimum absolute atomic E-state index is 0. The van der Waals surface area contributed by atoms with Gasteiger partial charge < -0.3 is 9.97 Å². The number of hydrogen-bond acceptors (Lipinski definition) is 2. The molecular weight excluding hydrogens is 408 g/mol. The van der Waals surface area contributed by atoms with Crippen LogP contribution in [-0.2, 0) is 27.9 Å². The molecule has 0 fully saturated rings. The van der Waals surface area contributed by atoms with Crippen LogP contribution in [0.3, 0.4) is 0 Å². The summed E-state index contributed by atoms with van der Waals surface area (Å²) in [5.41, 5.74) is 7.18. The smallest absolute Gasteiger partial charge is 0.660 e. The predicted octanol–water partition coefficient (Wildman–Crippen LogP) is 4.57. The van der Waals surface area contributed by atoms with Crippen molar-refractivity contribution in [3.8, 4) is 0 Å². The molecular formula is C24H22CuN4. The fourth-order valence-corrected chi connectivity index (χ4v) is 3.79. The maximum Gasteiger partial charge on any atom is 2.00 e. The summed E-state index contributed by atoms with van der Waals surface area (Å²) >= 11 is 0. The Morgan fingerprint density at radius 1 is 0.621 bits per heavy atom. The summed E-state index contributed by atoms with van der Waals surface area (Å²) in [5, 5.41) is 0. The summed E-state index contributed by atoms with van der Waals surface area (Å²) < 4.78 is 0. The number of aromatic nitrogens is 2.